The number of hydrogen-bond acceptors (Lipinski definition) is 3. The Morgan fingerprint density at radius 1 is 0.844 bits per heavy atom. The van der Waals surface area contributed by atoms with Crippen LogP contribution in [0, 0.1) is 0 Å². The number of para-hydroxylation sites is 1. The summed E-state index contributed by atoms with van der Waals surface area (Å²) < 4.78 is 44.9. The molecule has 0 amide bonds. The predicted octanol–water partition coefficient (Wildman–Crippen LogP) is 6.66. The topological polar surface area (TPSA) is 58.9 Å². The summed E-state index contributed by atoms with van der Waals surface area (Å²) in [4.78, 5) is 20.9. The van der Waals surface area contributed by atoms with Gasteiger partial charge in [-0.25, -0.2) is 4.79 Å². The van der Waals surface area contributed by atoms with Crippen LogP contribution in [-0.2, 0) is 6.18 Å². The molecule has 156 valence electrons. The zero-order valence-electron chi connectivity index (χ0n) is 16.3. The monoisotopic (exact) mass is 430 g/mol. The minimum atomic E-state index is -4.45. The van der Waals surface area contributed by atoms with E-state index in [4.69, 9.17) is 4.42 Å². The van der Waals surface area contributed by atoms with Crippen molar-refractivity contribution in [3.8, 4) is 11.1 Å². The van der Waals surface area contributed by atoms with E-state index in [-0.39, 0.29) is 5.39 Å². The number of hydrogen-bond donors (Lipinski definition) is 1. The summed E-state index contributed by atoms with van der Waals surface area (Å²) in [6, 6.07) is 17.5. The molecule has 0 fully saturated rings. The first-order valence-electron chi connectivity index (χ1n) is 9.84. The summed E-state index contributed by atoms with van der Waals surface area (Å²) in [6.45, 7) is 0. The first-order valence-corrected chi connectivity index (χ1v) is 9.84. The number of fused-ring (bicyclic) bond motifs is 6. The third-order valence-corrected chi connectivity index (χ3v) is 5.75. The van der Waals surface area contributed by atoms with Gasteiger partial charge in [0.15, 0.2) is 0 Å². The first-order chi connectivity index (χ1) is 15.4. The molecule has 0 saturated heterocycles. The second kappa shape index (κ2) is 6.43. The fraction of sp³-hybridized carbons (Fsp3) is 0.0400. The van der Waals surface area contributed by atoms with Crippen LogP contribution in [0.2, 0.25) is 0 Å². The molecule has 0 aliphatic rings. The summed E-state index contributed by atoms with van der Waals surface area (Å²) in [7, 11) is 0. The third kappa shape index (κ3) is 2.64. The van der Waals surface area contributed by atoms with Crippen molar-refractivity contribution in [2.75, 3.05) is 0 Å². The van der Waals surface area contributed by atoms with E-state index in [9.17, 15) is 18.0 Å². The number of nitrogens with zero attached hydrogens (tertiary/aromatic N) is 1. The van der Waals surface area contributed by atoms with Gasteiger partial charge in [-0.05, 0) is 35.9 Å². The van der Waals surface area contributed by atoms with Crippen LogP contribution in [0.3, 0.4) is 0 Å². The summed E-state index contributed by atoms with van der Waals surface area (Å²) in [5.41, 5.74) is 2.05. The SMILES string of the molecule is O=c1oc2ccccc2c2[nH]c3c(ccc4ccnc43)c(-c3ccc(C(F)(F)F)cc3)c12. The quantitative estimate of drug-likeness (QED) is 0.180. The number of H-pyrrole nitrogens is 1. The van der Waals surface area contributed by atoms with Crippen LogP contribution in [0.15, 0.2) is 82.1 Å². The van der Waals surface area contributed by atoms with Crippen LogP contribution in [0.1, 0.15) is 5.56 Å². The fourth-order valence-corrected chi connectivity index (χ4v) is 4.30. The number of benzene rings is 3. The molecule has 3 aromatic carbocycles. The molecule has 32 heavy (non-hydrogen) atoms. The predicted molar refractivity (Wildman–Crippen MR) is 118 cm³/mol. The number of nitrogens with one attached hydrogen (secondary N) is 1. The van der Waals surface area contributed by atoms with Crippen molar-refractivity contribution in [1.82, 2.24) is 9.97 Å². The average molecular weight is 430 g/mol. The maximum atomic E-state index is 13.1. The van der Waals surface area contributed by atoms with Crippen LogP contribution in [0.4, 0.5) is 13.2 Å². The van der Waals surface area contributed by atoms with Crippen LogP contribution in [-0.4, -0.2) is 9.97 Å². The van der Waals surface area contributed by atoms with E-state index >= 15 is 0 Å². The van der Waals surface area contributed by atoms with E-state index in [0.29, 0.717) is 38.5 Å². The molecule has 0 aliphatic heterocycles. The van der Waals surface area contributed by atoms with E-state index < -0.39 is 17.4 Å². The van der Waals surface area contributed by atoms with Crippen molar-refractivity contribution in [3.05, 3.63) is 88.9 Å². The molecular formula is C25H13F3N2O2. The highest BCUT2D eigenvalue weighted by Gasteiger charge is 2.30. The van der Waals surface area contributed by atoms with Crippen molar-refractivity contribution < 1.29 is 17.6 Å². The molecule has 0 radical (unpaired) electrons. The highest BCUT2D eigenvalue weighted by molar-refractivity contribution is 6.19. The molecule has 4 nitrogen and oxygen atoms in total. The third-order valence-electron chi connectivity index (χ3n) is 5.75. The van der Waals surface area contributed by atoms with Crippen LogP contribution in [0.25, 0.3) is 54.8 Å². The van der Waals surface area contributed by atoms with Crippen molar-refractivity contribution in [2.24, 2.45) is 0 Å². The number of aromatic amines is 1. The molecule has 0 aliphatic carbocycles. The molecule has 6 aromatic rings. The number of aromatic nitrogens is 2. The number of rotatable bonds is 1. The van der Waals surface area contributed by atoms with E-state index in [0.717, 1.165) is 23.0 Å². The smallest absolute Gasteiger partial charge is 0.416 e. The van der Waals surface area contributed by atoms with Crippen LogP contribution < -0.4 is 5.63 Å². The van der Waals surface area contributed by atoms with E-state index in [1.165, 1.54) is 12.1 Å². The maximum Gasteiger partial charge on any atom is 0.416 e. The summed E-state index contributed by atoms with van der Waals surface area (Å²) in [5.74, 6) is 0. The summed E-state index contributed by atoms with van der Waals surface area (Å²) >= 11 is 0. The Hall–Kier alpha value is -4.13. The minimum absolute atomic E-state index is 0.280. The van der Waals surface area contributed by atoms with E-state index in [2.05, 4.69) is 9.97 Å². The van der Waals surface area contributed by atoms with Gasteiger partial charge in [0.1, 0.15) is 5.58 Å². The molecule has 7 heteroatoms. The van der Waals surface area contributed by atoms with Gasteiger partial charge in [-0.3, -0.25) is 4.98 Å². The minimum Gasteiger partial charge on any atom is -0.422 e. The molecule has 0 atom stereocenters. The molecule has 3 aromatic heterocycles. The molecule has 0 bridgehead atoms. The van der Waals surface area contributed by atoms with Gasteiger partial charge < -0.3 is 9.40 Å². The molecule has 0 saturated carbocycles. The summed E-state index contributed by atoms with van der Waals surface area (Å²) in [5, 5.41) is 2.56. The molecule has 3 heterocycles. The maximum absolute atomic E-state index is 13.1. The average Bonchev–Trinajstić information content (AvgIpc) is 3.27. The van der Waals surface area contributed by atoms with Gasteiger partial charge in [-0.15, -0.1) is 0 Å². The van der Waals surface area contributed by atoms with Crippen molar-refractivity contribution in [2.45, 2.75) is 6.18 Å². The Morgan fingerprint density at radius 2 is 1.62 bits per heavy atom. The van der Waals surface area contributed by atoms with Gasteiger partial charge in [0.05, 0.1) is 27.5 Å². The second-order valence-corrected chi connectivity index (χ2v) is 7.58. The molecule has 1 N–H and O–H groups in total. The number of halogens is 3. The van der Waals surface area contributed by atoms with Gasteiger partial charge in [0.2, 0.25) is 0 Å². The Labute approximate surface area is 177 Å². The van der Waals surface area contributed by atoms with Crippen molar-refractivity contribution in [1.29, 1.82) is 0 Å². The second-order valence-electron chi connectivity index (χ2n) is 7.58. The van der Waals surface area contributed by atoms with Gasteiger partial charge >= 0.3 is 11.8 Å². The van der Waals surface area contributed by atoms with Gasteiger partial charge in [0.25, 0.3) is 0 Å². The highest BCUT2D eigenvalue weighted by Crippen LogP contribution is 2.39. The van der Waals surface area contributed by atoms with Crippen LogP contribution >= 0.6 is 0 Å². The van der Waals surface area contributed by atoms with Gasteiger partial charge in [-0.1, -0.05) is 36.4 Å². The Balaban J connectivity index is 1.83. The standard InChI is InChI=1S/C25H13F3N2O2/c26-25(27,28)15-8-5-13(6-9-15)19-17-10-7-14-11-12-29-21(14)23(17)30-22-16-3-1-2-4-18(16)32-24(31)20(19)22/h1-12,30H. The van der Waals surface area contributed by atoms with E-state index in [1.807, 2.05) is 30.3 Å². The molecule has 0 unspecified atom stereocenters. The number of pyridine rings is 1. The van der Waals surface area contributed by atoms with Crippen LogP contribution in [0.5, 0.6) is 0 Å². The highest BCUT2D eigenvalue weighted by atomic mass is 19.4. The lowest BCUT2D eigenvalue weighted by molar-refractivity contribution is -0.137. The van der Waals surface area contributed by atoms with Gasteiger partial charge in [0, 0.05) is 27.9 Å². The lowest BCUT2D eigenvalue weighted by Gasteiger charge is -2.14. The lowest BCUT2D eigenvalue weighted by atomic mass is 9.94. The van der Waals surface area contributed by atoms with Gasteiger partial charge in [-0.2, -0.15) is 13.2 Å². The lowest BCUT2D eigenvalue weighted by Crippen LogP contribution is -2.06. The molecule has 0 spiro atoms. The Kier molecular flexibility index (Phi) is 3.74. The fourth-order valence-electron chi connectivity index (χ4n) is 4.30. The molecule has 6 rings (SSSR count). The van der Waals surface area contributed by atoms with Crippen molar-refractivity contribution >= 4 is 43.7 Å². The zero-order chi connectivity index (χ0) is 22.0. The zero-order valence-corrected chi connectivity index (χ0v) is 16.3. The normalized spacial score (nSPS) is 12.3. The summed E-state index contributed by atoms with van der Waals surface area (Å²) in [6.07, 6.45) is -2.76. The first kappa shape index (κ1) is 18.6. The molecular weight excluding hydrogens is 417 g/mol. The Morgan fingerprint density at radius 3 is 2.41 bits per heavy atom. The largest absolute Gasteiger partial charge is 0.422 e. The van der Waals surface area contributed by atoms with E-state index in [1.54, 1.807) is 18.3 Å². The van der Waals surface area contributed by atoms with Crippen molar-refractivity contribution in [3.63, 3.8) is 0 Å². The Bertz CT molecular complexity index is 1730. The number of alkyl halides is 3.